The zero-order valence-electron chi connectivity index (χ0n) is 14.9. The van der Waals surface area contributed by atoms with Crippen molar-refractivity contribution in [3.8, 4) is 0 Å². The Morgan fingerprint density at radius 3 is 2.41 bits per heavy atom. The van der Waals surface area contributed by atoms with Crippen molar-refractivity contribution in [3.05, 3.63) is 70.7 Å². The Labute approximate surface area is 162 Å². The molecule has 1 saturated heterocycles. The van der Waals surface area contributed by atoms with Gasteiger partial charge in [-0.15, -0.1) is 0 Å². The molecule has 7 heteroatoms. The Balaban J connectivity index is 1.68. The van der Waals surface area contributed by atoms with Crippen LogP contribution in [-0.2, 0) is 21.7 Å². The van der Waals surface area contributed by atoms with Gasteiger partial charge in [-0.3, -0.25) is 14.5 Å². The number of rotatable bonds is 6. The third kappa shape index (κ3) is 3.80. The smallest absolute Gasteiger partial charge is 0.325 e. The lowest BCUT2D eigenvalue weighted by Crippen LogP contribution is -2.44. The molecule has 2 aromatic rings. The first kappa shape index (κ1) is 18.9. The van der Waals surface area contributed by atoms with Gasteiger partial charge in [-0.1, -0.05) is 61.0 Å². The van der Waals surface area contributed by atoms with Crippen LogP contribution in [0.5, 0.6) is 0 Å². The Morgan fingerprint density at radius 1 is 1.11 bits per heavy atom. The molecule has 1 fully saturated rings. The molecular formula is C20H20ClN3O3. The normalized spacial score (nSPS) is 19.1. The lowest BCUT2D eigenvalue weighted by atomic mass is 9.87. The number of carbonyl (C=O) groups excluding carboxylic acids is 3. The molecule has 1 aliphatic rings. The van der Waals surface area contributed by atoms with Gasteiger partial charge in [0, 0.05) is 11.6 Å². The third-order valence-corrected chi connectivity index (χ3v) is 4.93. The molecule has 0 saturated carbocycles. The predicted molar refractivity (Wildman–Crippen MR) is 102 cm³/mol. The molecule has 3 rings (SSSR count). The summed E-state index contributed by atoms with van der Waals surface area (Å²) in [6.45, 7) is 1.79. The van der Waals surface area contributed by atoms with E-state index in [9.17, 15) is 14.4 Å². The number of urea groups is 1. The predicted octanol–water partition coefficient (Wildman–Crippen LogP) is 2.81. The first-order chi connectivity index (χ1) is 13.0. The Kier molecular flexibility index (Phi) is 5.46. The van der Waals surface area contributed by atoms with Gasteiger partial charge in [0.25, 0.3) is 5.91 Å². The van der Waals surface area contributed by atoms with Crippen molar-refractivity contribution in [2.75, 3.05) is 6.54 Å². The molecule has 1 atom stereocenters. The third-order valence-electron chi connectivity index (χ3n) is 4.68. The molecule has 0 aliphatic carbocycles. The second kappa shape index (κ2) is 7.80. The number of nitrogens with one attached hydrogen (secondary N) is 2. The average Bonchev–Trinajstić information content (AvgIpc) is 2.93. The Bertz CT molecular complexity index is 855. The van der Waals surface area contributed by atoms with Crippen molar-refractivity contribution < 1.29 is 14.4 Å². The number of nitrogens with zero attached hydrogens (tertiary/aromatic N) is 1. The summed E-state index contributed by atoms with van der Waals surface area (Å²) in [4.78, 5) is 38.6. The molecule has 2 aromatic carbocycles. The molecule has 1 heterocycles. The molecule has 140 valence electrons. The zero-order chi connectivity index (χ0) is 19.4. The van der Waals surface area contributed by atoms with Crippen molar-refractivity contribution in [2.45, 2.75) is 25.4 Å². The van der Waals surface area contributed by atoms with Gasteiger partial charge in [-0.25, -0.2) is 4.79 Å². The molecule has 0 spiro atoms. The van der Waals surface area contributed by atoms with E-state index >= 15 is 0 Å². The molecular weight excluding hydrogens is 366 g/mol. The fourth-order valence-corrected chi connectivity index (χ4v) is 3.26. The zero-order valence-corrected chi connectivity index (χ0v) is 15.6. The van der Waals surface area contributed by atoms with E-state index in [1.807, 2.05) is 25.1 Å². The van der Waals surface area contributed by atoms with Crippen LogP contribution in [0, 0.1) is 0 Å². The molecule has 0 bridgehead atoms. The SMILES string of the molecule is CCC1(c2ccccc2)NC(=O)N(CC(=O)NCc2ccc(Cl)cc2)C1=O. The average molecular weight is 386 g/mol. The second-order valence-electron chi connectivity index (χ2n) is 6.35. The highest BCUT2D eigenvalue weighted by Crippen LogP contribution is 2.32. The minimum absolute atomic E-state index is 0.289. The minimum Gasteiger partial charge on any atom is -0.350 e. The highest BCUT2D eigenvalue weighted by atomic mass is 35.5. The number of carbonyl (C=O) groups is 3. The summed E-state index contributed by atoms with van der Waals surface area (Å²) in [5.74, 6) is -0.823. The second-order valence-corrected chi connectivity index (χ2v) is 6.79. The molecule has 2 N–H and O–H groups in total. The molecule has 0 aromatic heterocycles. The van der Waals surface area contributed by atoms with Gasteiger partial charge in [0.2, 0.25) is 5.91 Å². The van der Waals surface area contributed by atoms with Crippen LogP contribution in [0.2, 0.25) is 5.02 Å². The van der Waals surface area contributed by atoms with Crippen molar-refractivity contribution >= 4 is 29.4 Å². The van der Waals surface area contributed by atoms with Gasteiger partial charge in [0.15, 0.2) is 0 Å². The van der Waals surface area contributed by atoms with E-state index in [2.05, 4.69) is 10.6 Å². The van der Waals surface area contributed by atoms with Crippen molar-refractivity contribution in [2.24, 2.45) is 0 Å². The minimum atomic E-state index is -1.13. The number of benzene rings is 2. The van der Waals surface area contributed by atoms with Crippen molar-refractivity contribution in [1.29, 1.82) is 0 Å². The van der Waals surface area contributed by atoms with E-state index in [0.717, 1.165) is 10.5 Å². The van der Waals surface area contributed by atoms with Crippen LogP contribution >= 0.6 is 11.6 Å². The Hall–Kier alpha value is -2.86. The van der Waals surface area contributed by atoms with Crippen LogP contribution in [0.15, 0.2) is 54.6 Å². The number of imide groups is 1. The topological polar surface area (TPSA) is 78.5 Å². The maximum absolute atomic E-state index is 13.0. The van der Waals surface area contributed by atoms with E-state index in [1.54, 1.807) is 36.4 Å². The molecule has 0 radical (unpaired) electrons. The van der Waals surface area contributed by atoms with Crippen LogP contribution < -0.4 is 10.6 Å². The van der Waals surface area contributed by atoms with Crippen LogP contribution in [0.3, 0.4) is 0 Å². The van der Waals surface area contributed by atoms with Gasteiger partial charge >= 0.3 is 6.03 Å². The summed E-state index contributed by atoms with van der Waals surface area (Å²) in [5, 5.41) is 6.09. The molecule has 4 amide bonds. The molecule has 6 nitrogen and oxygen atoms in total. The standard InChI is InChI=1S/C20H20ClN3O3/c1-2-20(15-6-4-3-5-7-15)18(26)24(19(27)23-20)13-17(25)22-12-14-8-10-16(21)11-9-14/h3-11H,2,12-13H2,1H3,(H,22,25)(H,23,27). The summed E-state index contributed by atoms with van der Waals surface area (Å²) in [6.07, 6.45) is 0.393. The summed E-state index contributed by atoms with van der Waals surface area (Å²) in [7, 11) is 0. The number of hydrogen-bond donors (Lipinski definition) is 2. The Morgan fingerprint density at radius 2 is 1.78 bits per heavy atom. The summed E-state index contributed by atoms with van der Waals surface area (Å²) in [5.41, 5.74) is 0.446. The lowest BCUT2D eigenvalue weighted by Gasteiger charge is -2.25. The lowest BCUT2D eigenvalue weighted by molar-refractivity contribution is -0.135. The number of amides is 4. The fourth-order valence-electron chi connectivity index (χ4n) is 3.13. The van der Waals surface area contributed by atoms with E-state index in [4.69, 9.17) is 11.6 Å². The maximum Gasteiger partial charge on any atom is 0.325 e. The largest absolute Gasteiger partial charge is 0.350 e. The van der Waals surface area contributed by atoms with E-state index in [1.165, 1.54) is 0 Å². The van der Waals surface area contributed by atoms with Crippen molar-refractivity contribution in [1.82, 2.24) is 15.5 Å². The quantitative estimate of drug-likeness (QED) is 0.750. The van der Waals surface area contributed by atoms with E-state index in [-0.39, 0.29) is 13.1 Å². The summed E-state index contributed by atoms with van der Waals surface area (Å²) >= 11 is 5.83. The first-order valence-electron chi connectivity index (χ1n) is 8.67. The van der Waals surface area contributed by atoms with E-state index < -0.39 is 23.4 Å². The molecule has 1 unspecified atom stereocenters. The first-order valence-corrected chi connectivity index (χ1v) is 9.05. The fraction of sp³-hybridized carbons (Fsp3) is 0.250. The molecule has 1 aliphatic heterocycles. The highest BCUT2D eigenvalue weighted by Gasteiger charge is 2.51. The van der Waals surface area contributed by atoms with E-state index in [0.29, 0.717) is 17.0 Å². The molecule has 27 heavy (non-hydrogen) atoms. The van der Waals surface area contributed by atoms with Gasteiger partial charge in [0.05, 0.1) is 0 Å². The number of hydrogen-bond acceptors (Lipinski definition) is 3. The van der Waals surface area contributed by atoms with Gasteiger partial charge in [-0.2, -0.15) is 0 Å². The van der Waals surface area contributed by atoms with Crippen LogP contribution in [0.4, 0.5) is 4.79 Å². The highest BCUT2D eigenvalue weighted by molar-refractivity contribution is 6.30. The van der Waals surface area contributed by atoms with Crippen LogP contribution in [0.25, 0.3) is 0 Å². The summed E-state index contributed by atoms with van der Waals surface area (Å²) in [6, 6.07) is 15.6. The maximum atomic E-state index is 13.0. The van der Waals surface area contributed by atoms with Gasteiger partial charge in [0.1, 0.15) is 12.1 Å². The van der Waals surface area contributed by atoms with Gasteiger partial charge < -0.3 is 10.6 Å². The summed E-state index contributed by atoms with van der Waals surface area (Å²) < 4.78 is 0. The monoisotopic (exact) mass is 385 g/mol. The number of halogens is 1. The van der Waals surface area contributed by atoms with Crippen LogP contribution in [-0.4, -0.2) is 29.3 Å². The van der Waals surface area contributed by atoms with Crippen LogP contribution in [0.1, 0.15) is 24.5 Å². The van der Waals surface area contributed by atoms with Gasteiger partial charge in [-0.05, 0) is 29.7 Å². The van der Waals surface area contributed by atoms with Crippen molar-refractivity contribution in [3.63, 3.8) is 0 Å².